The number of nitrogens with zero attached hydrogens (tertiary/aromatic N) is 1. The van der Waals surface area contributed by atoms with Crippen molar-refractivity contribution in [2.24, 2.45) is 0 Å². The van der Waals surface area contributed by atoms with Crippen LogP contribution < -0.4 is 0 Å². The highest BCUT2D eigenvalue weighted by atomic mass is 19.4. The fourth-order valence-electron chi connectivity index (χ4n) is 1.96. The molecule has 0 aliphatic rings. The van der Waals surface area contributed by atoms with Crippen LogP contribution in [0.3, 0.4) is 0 Å². The fourth-order valence-corrected chi connectivity index (χ4v) is 1.96. The van der Waals surface area contributed by atoms with Gasteiger partial charge in [0.15, 0.2) is 0 Å². The predicted molar refractivity (Wildman–Crippen MR) is 68.2 cm³/mol. The first-order chi connectivity index (χ1) is 9.50. The van der Waals surface area contributed by atoms with Gasteiger partial charge in [0.2, 0.25) is 0 Å². The SMILES string of the molecule is O=CC(Cc1ccncc1)c1cccc(C(F)(F)F)c1. The summed E-state index contributed by atoms with van der Waals surface area (Å²) in [7, 11) is 0. The molecule has 104 valence electrons. The molecule has 0 saturated heterocycles. The highest BCUT2D eigenvalue weighted by Crippen LogP contribution is 2.31. The van der Waals surface area contributed by atoms with E-state index in [1.54, 1.807) is 24.5 Å². The van der Waals surface area contributed by atoms with Crippen molar-refractivity contribution in [2.75, 3.05) is 0 Å². The molecule has 0 N–H and O–H groups in total. The number of rotatable bonds is 4. The minimum Gasteiger partial charge on any atom is -0.303 e. The lowest BCUT2D eigenvalue weighted by atomic mass is 9.92. The Hall–Kier alpha value is -2.17. The van der Waals surface area contributed by atoms with Gasteiger partial charge in [0, 0.05) is 18.3 Å². The van der Waals surface area contributed by atoms with Gasteiger partial charge in [-0.15, -0.1) is 0 Å². The zero-order valence-electron chi connectivity index (χ0n) is 10.5. The average molecular weight is 279 g/mol. The molecule has 1 aromatic carbocycles. The Morgan fingerprint density at radius 1 is 1.15 bits per heavy atom. The summed E-state index contributed by atoms with van der Waals surface area (Å²) in [6, 6.07) is 8.36. The molecule has 2 rings (SSSR count). The van der Waals surface area contributed by atoms with E-state index in [4.69, 9.17) is 0 Å². The van der Waals surface area contributed by atoms with Crippen LogP contribution in [0.15, 0.2) is 48.8 Å². The summed E-state index contributed by atoms with van der Waals surface area (Å²) in [5.74, 6) is -0.598. The van der Waals surface area contributed by atoms with Crippen molar-refractivity contribution in [3.8, 4) is 0 Å². The maximum Gasteiger partial charge on any atom is 0.416 e. The van der Waals surface area contributed by atoms with E-state index in [1.807, 2.05) is 0 Å². The molecule has 0 bridgehead atoms. The molecule has 1 heterocycles. The van der Waals surface area contributed by atoms with Gasteiger partial charge >= 0.3 is 6.18 Å². The third kappa shape index (κ3) is 3.44. The van der Waals surface area contributed by atoms with Crippen molar-refractivity contribution in [3.05, 3.63) is 65.5 Å². The molecule has 2 aromatic rings. The summed E-state index contributed by atoms with van der Waals surface area (Å²) in [5.41, 5.74) is 0.484. The lowest BCUT2D eigenvalue weighted by Crippen LogP contribution is -2.09. The van der Waals surface area contributed by atoms with Crippen LogP contribution in [0.1, 0.15) is 22.6 Å². The minimum absolute atomic E-state index is 0.354. The molecule has 0 saturated carbocycles. The molecule has 5 heteroatoms. The summed E-state index contributed by atoms with van der Waals surface area (Å²) in [4.78, 5) is 15.0. The molecule has 1 unspecified atom stereocenters. The lowest BCUT2D eigenvalue weighted by molar-refractivity contribution is -0.137. The molecule has 1 atom stereocenters. The van der Waals surface area contributed by atoms with E-state index >= 15 is 0 Å². The Morgan fingerprint density at radius 3 is 2.45 bits per heavy atom. The Bertz CT molecular complexity index is 581. The summed E-state index contributed by atoms with van der Waals surface area (Å²) in [6.07, 6.45) is -0.198. The Morgan fingerprint density at radius 2 is 1.85 bits per heavy atom. The Kier molecular flexibility index (Phi) is 4.17. The molecule has 0 radical (unpaired) electrons. The van der Waals surface area contributed by atoms with Crippen LogP contribution in [0.4, 0.5) is 13.2 Å². The third-order valence-electron chi connectivity index (χ3n) is 3.01. The molecule has 0 fully saturated rings. The smallest absolute Gasteiger partial charge is 0.303 e. The standard InChI is InChI=1S/C15H12F3NO/c16-15(17,18)14-3-1-2-12(9-14)13(10-20)8-11-4-6-19-7-5-11/h1-7,9-10,13H,8H2. The molecule has 0 aliphatic heterocycles. The van der Waals surface area contributed by atoms with Crippen molar-refractivity contribution in [2.45, 2.75) is 18.5 Å². The Labute approximate surface area is 114 Å². The summed E-state index contributed by atoms with van der Waals surface area (Å²) in [5, 5.41) is 0. The zero-order chi connectivity index (χ0) is 14.6. The van der Waals surface area contributed by atoms with E-state index in [-0.39, 0.29) is 0 Å². The van der Waals surface area contributed by atoms with Crippen molar-refractivity contribution in [3.63, 3.8) is 0 Å². The van der Waals surface area contributed by atoms with E-state index in [2.05, 4.69) is 4.98 Å². The average Bonchev–Trinajstić information content (AvgIpc) is 2.45. The number of alkyl halides is 3. The van der Waals surface area contributed by atoms with Crippen LogP contribution >= 0.6 is 0 Å². The number of pyridine rings is 1. The van der Waals surface area contributed by atoms with Crippen LogP contribution in [0.5, 0.6) is 0 Å². The number of hydrogen-bond donors (Lipinski definition) is 0. The molecule has 1 aromatic heterocycles. The van der Waals surface area contributed by atoms with E-state index in [0.29, 0.717) is 18.3 Å². The van der Waals surface area contributed by atoms with Crippen LogP contribution in [-0.4, -0.2) is 11.3 Å². The normalized spacial score (nSPS) is 12.9. The van der Waals surface area contributed by atoms with Gasteiger partial charge in [-0.25, -0.2) is 0 Å². The van der Waals surface area contributed by atoms with Crippen LogP contribution in [0.2, 0.25) is 0 Å². The van der Waals surface area contributed by atoms with Gasteiger partial charge in [-0.1, -0.05) is 18.2 Å². The second-order valence-corrected chi connectivity index (χ2v) is 4.43. The van der Waals surface area contributed by atoms with Crippen LogP contribution in [0, 0.1) is 0 Å². The molecular formula is C15H12F3NO. The number of aldehydes is 1. The van der Waals surface area contributed by atoms with Crippen molar-refractivity contribution < 1.29 is 18.0 Å². The summed E-state index contributed by atoms with van der Waals surface area (Å²) in [6.45, 7) is 0. The third-order valence-corrected chi connectivity index (χ3v) is 3.01. The maximum atomic E-state index is 12.7. The van der Waals surface area contributed by atoms with Gasteiger partial charge in [-0.05, 0) is 35.7 Å². The van der Waals surface area contributed by atoms with Gasteiger partial charge in [0.25, 0.3) is 0 Å². The summed E-state index contributed by atoms with van der Waals surface area (Å²) < 4.78 is 38.0. The largest absolute Gasteiger partial charge is 0.416 e. The minimum atomic E-state index is -4.40. The first kappa shape index (κ1) is 14.2. The zero-order valence-corrected chi connectivity index (χ0v) is 10.5. The van der Waals surface area contributed by atoms with E-state index < -0.39 is 17.7 Å². The number of aromatic nitrogens is 1. The van der Waals surface area contributed by atoms with Crippen molar-refractivity contribution in [1.29, 1.82) is 0 Å². The second kappa shape index (κ2) is 5.86. The van der Waals surface area contributed by atoms with Crippen LogP contribution in [-0.2, 0) is 17.4 Å². The number of halogens is 3. The molecule has 2 nitrogen and oxygen atoms in total. The highest BCUT2D eigenvalue weighted by Gasteiger charge is 2.30. The van der Waals surface area contributed by atoms with Gasteiger partial charge in [0.1, 0.15) is 6.29 Å². The van der Waals surface area contributed by atoms with Gasteiger partial charge in [0.05, 0.1) is 5.56 Å². The fraction of sp³-hybridized carbons (Fsp3) is 0.200. The monoisotopic (exact) mass is 279 g/mol. The van der Waals surface area contributed by atoms with Gasteiger partial charge < -0.3 is 4.79 Å². The van der Waals surface area contributed by atoms with Crippen molar-refractivity contribution in [1.82, 2.24) is 4.98 Å². The first-order valence-corrected chi connectivity index (χ1v) is 6.02. The molecule has 20 heavy (non-hydrogen) atoms. The number of carbonyl (C=O) groups excluding carboxylic acids is 1. The number of benzene rings is 1. The molecule has 0 amide bonds. The van der Waals surface area contributed by atoms with E-state index in [9.17, 15) is 18.0 Å². The van der Waals surface area contributed by atoms with Gasteiger partial charge in [-0.2, -0.15) is 13.2 Å². The van der Waals surface area contributed by atoms with Gasteiger partial charge in [-0.3, -0.25) is 4.98 Å². The number of hydrogen-bond acceptors (Lipinski definition) is 2. The lowest BCUT2D eigenvalue weighted by Gasteiger charge is -2.13. The highest BCUT2D eigenvalue weighted by molar-refractivity contribution is 5.63. The quantitative estimate of drug-likeness (QED) is 0.800. The molecular weight excluding hydrogens is 267 g/mol. The predicted octanol–water partition coefficient (Wildman–Crippen LogP) is 3.63. The van der Waals surface area contributed by atoms with E-state index in [1.165, 1.54) is 12.1 Å². The summed E-state index contributed by atoms with van der Waals surface area (Å²) >= 11 is 0. The van der Waals surface area contributed by atoms with E-state index in [0.717, 1.165) is 17.7 Å². The maximum absolute atomic E-state index is 12.7. The van der Waals surface area contributed by atoms with Crippen molar-refractivity contribution >= 4 is 6.29 Å². The second-order valence-electron chi connectivity index (χ2n) is 4.43. The molecule has 0 aliphatic carbocycles. The first-order valence-electron chi connectivity index (χ1n) is 6.02. The number of carbonyl (C=O) groups is 1. The van der Waals surface area contributed by atoms with Crippen LogP contribution in [0.25, 0.3) is 0 Å². The topological polar surface area (TPSA) is 30.0 Å². The Balaban J connectivity index is 2.26. The molecule has 0 spiro atoms.